The lowest BCUT2D eigenvalue weighted by Crippen LogP contribution is -2.14. The van der Waals surface area contributed by atoms with Crippen molar-refractivity contribution < 1.29 is 9.90 Å². The van der Waals surface area contributed by atoms with Crippen molar-refractivity contribution in [3.8, 4) is 0 Å². The molecule has 1 N–H and O–H groups in total. The summed E-state index contributed by atoms with van der Waals surface area (Å²) in [7, 11) is 0. The maximum absolute atomic E-state index is 11.5. The van der Waals surface area contributed by atoms with E-state index in [1.54, 1.807) is 6.20 Å². The van der Waals surface area contributed by atoms with Gasteiger partial charge in [0.05, 0.1) is 11.7 Å². The molecule has 0 spiro atoms. The van der Waals surface area contributed by atoms with E-state index < -0.39 is 5.97 Å². The normalized spacial score (nSPS) is 22.0. The lowest BCUT2D eigenvalue weighted by molar-refractivity contribution is 0.0694. The standard InChI is InChI=1S/C16H24N2O2/c19-16(20)14-11-18(13-9-5-2-6-10-13)17-15(14)12-7-3-1-4-8-12/h11-13H,1-10H2,(H,19,20). The minimum absolute atomic E-state index is 0.361. The highest BCUT2D eigenvalue weighted by atomic mass is 16.4. The van der Waals surface area contributed by atoms with Crippen LogP contribution in [0.3, 0.4) is 0 Å². The molecule has 4 nitrogen and oxygen atoms in total. The zero-order chi connectivity index (χ0) is 13.9. The zero-order valence-electron chi connectivity index (χ0n) is 12.1. The Bertz CT molecular complexity index is 469. The molecule has 110 valence electrons. The van der Waals surface area contributed by atoms with Crippen LogP contribution in [-0.4, -0.2) is 20.9 Å². The lowest BCUT2D eigenvalue weighted by atomic mass is 9.85. The number of hydrogen-bond acceptors (Lipinski definition) is 2. The fourth-order valence-corrected chi connectivity index (χ4v) is 3.78. The van der Waals surface area contributed by atoms with Crippen LogP contribution in [-0.2, 0) is 0 Å². The summed E-state index contributed by atoms with van der Waals surface area (Å²) in [4.78, 5) is 11.5. The molecule has 2 fully saturated rings. The largest absolute Gasteiger partial charge is 0.478 e. The van der Waals surface area contributed by atoms with Crippen molar-refractivity contribution in [1.82, 2.24) is 9.78 Å². The van der Waals surface area contributed by atoms with Gasteiger partial charge in [0.15, 0.2) is 0 Å². The molecule has 2 aliphatic rings. The molecule has 0 saturated heterocycles. The number of carboxylic acid groups (broad SMARTS) is 1. The lowest BCUT2D eigenvalue weighted by Gasteiger charge is -2.23. The summed E-state index contributed by atoms with van der Waals surface area (Å²) in [6.07, 6.45) is 13.8. The van der Waals surface area contributed by atoms with Crippen LogP contribution in [0.15, 0.2) is 6.20 Å². The van der Waals surface area contributed by atoms with E-state index in [4.69, 9.17) is 5.10 Å². The van der Waals surface area contributed by atoms with Crippen LogP contribution in [0.25, 0.3) is 0 Å². The van der Waals surface area contributed by atoms with E-state index in [-0.39, 0.29) is 0 Å². The van der Waals surface area contributed by atoms with Gasteiger partial charge in [-0.25, -0.2) is 4.79 Å². The van der Waals surface area contributed by atoms with Gasteiger partial charge >= 0.3 is 5.97 Å². The molecule has 0 bridgehead atoms. The maximum Gasteiger partial charge on any atom is 0.339 e. The van der Waals surface area contributed by atoms with Gasteiger partial charge in [-0.1, -0.05) is 38.5 Å². The third-order valence-corrected chi connectivity index (χ3v) is 4.93. The zero-order valence-corrected chi connectivity index (χ0v) is 12.1. The fourth-order valence-electron chi connectivity index (χ4n) is 3.78. The Kier molecular flexibility index (Phi) is 4.08. The van der Waals surface area contributed by atoms with E-state index in [1.165, 1.54) is 38.5 Å². The van der Waals surface area contributed by atoms with Crippen LogP contribution < -0.4 is 0 Å². The Morgan fingerprint density at radius 3 is 2.25 bits per heavy atom. The van der Waals surface area contributed by atoms with Crippen molar-refractivity contribution in [2.75, 3.05) is 0 Å². The first-order valence-electron chi connectivity index (χ1n) is 8.08. The van der Waals surface area contributed by atoms with Crippen molar-refractivity contribution >= 4 is 5.97 Å². The smallest absolute Gasteiger partial charge is 0.339 e. The molecule has 1 heterocycles. The number of rotatable bonds is 3. The molecular weight excluding hydrogens is 252 g/mol. The Morgan fingerprint density at radius 2 is 1.65 bits per heavy atom. The number of aromatic carboxylic acids is 1. The third kappa shape index (κ3) is 2.74. The third-order valence-electron chi connectivity index (χ3n) is 4.93. The molecule has 1 aromatic heterocycles. The molecule has 2 saturated carbocycles. The molecule has 0 amide bonds. The van der Waals surface area contributed by atoms with E-state index in [0.717, 1.165) is 31.4 Å². The van der Waals surface area contributed by atoms with Gasteiger partial charge < -0.3 is 5.11 Å². The van der Waals surface area contributed by atoms with Crippen LogP contribution in [0.1, 0.15) is 92.2 Å². The van der Waals surface area contributed by atoms with E-state index in [9.17, 15) is 9.90 Å². The van der Waals surface area contributed by atoms with Gasteiger partial charge in [-0.2, -0.15) is 5.10 Å². The fraction of sp³-hybridized carbons (Fsp3) is 0.750. The number of carboxylic acids is 1. The number of aromatic nitrogens is 2. The Balaban J connectivity index is 1.87. The number of hydrogen-bond donors (Lipinski definition) is 1. The molecule has 20 heavy (non-hydrogen) atoms. The number of nitrogens with zero attached hydrogens (tertiary/aromatic N) is 2. The first-order chi connectivity index (χ1) is 9.75. The monoisotopic (exact) mass is 276 g/mol. The summed E-state index contributed by atoms with van der Waals surface area (Å²) in [5.41, 5.74) is 1.30. The minimum atomic E-state index is -0.812. The van der Waals surface area contributed by atoms with Crippen molar-refractivity contribution in [2.45, 2.75) is 76.2 Å². The molecule has 4 heteroatoms. The summed E-state index contributed by atoms with van der Waals surface area (Å²) in [5, 5.41) is 14.2. The van der Waals surface area contributed by atoms with Crippen LogP contribution in [0.2, 0.25) is 0 Å². The quantitative estimate of drug-likeness (QED) is 0.903. The SMILES string of the molecule is O=C(O)c1cn(C2CCCCC2)nc1C1CCCCC1. The van der Waals surface area contributed by atoms with E-state index in [0.29, 0.717) is 17.5 Å². The second kappa shape index (κ2) is 5.98. The second-order valence-electron chi connectivity index (χ2n) is 6.34. The van der Waals surface area contributed by atoms with Crippen molar-refractivity contribution in [3.63, 3.8) is 0 Å². The van der Waals surface area contributed by atoms with Crippen LogP contribution in [0.5, 0.6) is 0 Å². The summed E-state index contributed by atoms with van der Waals surface area (Å²) in [5.74, 6) is -0.452. The Morgan fingerprint density at radius 1 is 1.05 bits per heavy atom. The van der Waals surface area contributed by atoms with E-state index >= 15 is 0 Å². The Hall–Kier alpha value is -1.32. The van der Waals surface area contributed by atoms with Crippen LogP contribution in [0.4, 0.5) is 0 Å². The second-order valence-corrected chi connectivity index (χ2v) is 6.34. The highest BCUT2D eigenvalue weighted by Crippen LogP contribution is 2.35. The topological polar surface area (TPSA) is 55.1 Å². The summed E-state index contributed by atoms with van der Waals surface area (Å²) >= 11 is 0. The van der Waals surface area contributed by atoms with E-state index in [1.807, 2.05) is 4.68 Å². The van der Waals surface area contributed by atoms with Crippen molar-refractivity contribution in [3.05, 3.63) is 17.5 Å². The Labute approximate surface area is 120 Å². The van der Waals surface area contributed by atoms with Crippen LogP contribution in [0, 0.1) is 0 Å². The summed E-state index contributed by atoms with van der Waals surface area (Å²) in [6.45, 7) is 0. The number of carbonyl (C=O) groups is 1. The predicted molar refractivity (Wildman–Crippen MR) is 77.1 cm³/mol. The van der Waals surface area contributed by atoms with Gasteiger partial charge in [-0.3, -0.25) is 4.68 Å². The average Bonchev–Trinajstić information content (AvgIpc) is 2.94. The van der Waals surface area contributed by atoms with Crippen molar-refractivity contribution in [2.24, 2.45) is 0 Å². The summed E-state index contributed by atoms with van der Waals surface area (Å²) < 4.78 is 1.96. The van der Waals surface area contributed by atoms with Crippen molar-refractivity contribution in [1.29, 1.82) is 0 Å². The molecular formula is C16H24N2O2. The molecule has 2 aliphatic carbocycles. The first-order valence-corrected chi connectivity index (χ1v) is 8.08. The molecule has 3 rings (SSSR count). The maximum atomic E-state index is 11.5. The highest BCUT2D eigenvalue weighted by molar-refractivity contribution is 5.88. The van der Waals surface area contributed by atoms with Gasteiger partial charge in [0.2, 0.25) is 0 Å². The average molecular weight is 276 g/mol. The molecule has 0 unspecified atom stereocenters. The van der Waals surface area contributed by atoms with Gasteiger partial charge in [0, 0.05) is 12.1 Å². The van der Waals surface area contributed by atoms with Gasteiger partial charge in [0.1, 0.15) is 5.56 Å². The predicted octanol–water partition coefficient (Wildman–Crippen LogP) is 4.13. The first kappa shape index (κ1) is 13.7. The van der Waals surface area contributed by atoms with Gasteiger partial charge in [-0.05, 0) is 25.7 Å². The molecule has 1 aromatic rings. The molecule has 0 aromatic carbocycles. The molecule has 0 radical (unpaired) electrons. The summed E-state index contributed by atoms with van der Waals surface area (Å²) in [6, 6.07) is 0.416. The molecule has 0 atom stereocenters. The van der Waals surface area contributed by atoms with Gasteiger partial charge in [0.25, 0.3) is 0 Å². The molecule has 0 aliphatic heterocycles. The van der Waals surface area contributed by atoms with Gasteiger partial charge in [-0.15, -0.1) is 0 Å². The van der Waals surface area contributed by atoms with E-state index in [2.05, 4.69) is 0 Å². The van der Waals surface area contributed by atoms with Crippen LogP contribution >= 0.6 is 0 Å². The highest BCUT2D eigenvalue weighted by Gasteiger charge is 2.27. The minimum Gasteiger partial charge on any atom is -0.478 e.